The topological polar surface area (TPSA) is 72.2 Å². The zero-order valence-electron chi connectivity index (χ0n) is 11.3. The summed E-state index contributed by atoms with van der Waals surface area (Å²) >= 11 is 0. The van der Waals surface area contributed by atoms with Gasteiger partial charge in [-0.1, -0.05) is 24.3 Å². The Hall–Kier alpha value is -1.85. The number of primary sulfonamides is 1. The first-order chi connectivity index (χ1) is 9.47. The Morgan fingerprint density at radius 1 is 1.05 bits per heavy atom. The van der Waals surface area contributed by atoms with E-state index in [-0.39, 0.29) is 4.90 Å². The smallest absolute Gasteiger partial charge is 0.238 e. The summed E-state index contributed by atoms with van der Waals surface area (Å²) < 4.78 is 22.3. The van der Waals surface area contributed by atoms with Crippen molar-refractivity contribution in [1.29, 1.82) is 0 Å². The number of nitrogens with two attached hydrogens (primary N) is 1. The maximum atomic E-state index is 11.1. The van der Waals surface area contributed by atoms with Crippen molar-refractivity contribution in [2.75, 3.05) is 11.9 Å². The molecular formula is C15H18N2O2S. The molecule has 0 aliphatic carbocycles. The molecule has 0 atom stereocenters. The lowest BCUT2D eigenvalue weighted by Gasteiger charge is -2.09. The summed E-state index contributed by atoms with van der Waals surface area (Å²) in [4.78, 5) is 0.127. The van der Waals surface area contributed by atoms with Gasteiger partial charge in [-0.25, -0.2) is 13.6 Å². The lowest BCUT2D eigenvalue weighted by atomic mass is 10.1. The summed E-state index contributed by atoms with van der Waals surface area (Å²) in [5.74, 6) is 0. The Bertz CT molecular complexity index is 679. The molecular weight excluding hydrogens is 272 g/mol. The molecule has 0 spiro atoms. The molecule has 106 valence electrons. The summed E-state index contributed by atoms with van der Waals surface area (Å²) in [6.45, 7) is 2.88. The highest BCUT2D eigenvalue weighted by molar-refractivity contribution is 7.89. The second-order valence-electron chi connectivity index (χ2n) is 4.67. The minimum atomic E-state index is -3.62. The predicted molar refractivity (Wildman–Crippen MR) is 81.2 cm³/mol. The first-order valence-electron chi connectivity index (χ1n) is 6.38. The first kappa shape index (κ1) is 14.6. The van der Waals surface area contributed by atoms with Crippen LogP contribution in [0.5, 0.6) is 0 Å². The molecule has 0 aliphatic rings. The lowest BCUT2D eigenvalue weighted by Crippen LogP contribution is -2.12. The third-order valence-electron chi connectivity index (χ3n) is 3.17. The maximum Gasteiger partial charge on any atom is 0.238 e. The average Bonchev–Trinajstić information content (AvgIpc) is 2.40. The highest BCUT2D eigenvalue weighted by Crippen LogP contribution is 2.13. The highest BCUT2D eigenvalue weighted by atomic mass is 32.2. The molecule has 4 nitrogen and oxygen atoms in total. The van der Waals surface area contributed by atoms with Gasteiger partial charge in [0.05, 0.1) is 4.90 Å². The van der Waals surface area contributed by atoms with Gasteiger partial charge in [-0.3, -0.25) is 0 Å². The lowest BCUT2D eigenvalue weighted by molar-refractivity contribution is 0.598. The molecule has 0 heterocycles. The van der Waals surface area contributed by atoms with Crippen LogP contribution in [0.2, 0.25) is 0 Å². The van der Waals surface area contributed by atoms with E-state index in [0.717, 1.165) is 18.7 Å². The number of hydrogen-bond donors (Lipinski definition) is 2. The number of nitrogens with one attached hydrogen (secondary N) is 1. The number of rotatable bonds is 5. The van der Waals surface area contributed by atoms with Gasteiger partial charge < -0.3 is 5.32 Å². The van der Waals surface area contributed by atoms with Crippen LogP contribution in [0.25, 0.3) is 0 Å². The monoisotopic (exact) mass is 290 g/mol. The number of benzene rings is 2. The van der Waals surface area contributed by atoms with Gasteiger partial charge in [0.15, 0.2) is 0 Å². The fourth-order valence-corrected chi connectivity index (χ4v) is 2.51. The van der Waals surface area contributed by atoms with Crippen molar-refractivity contribution < 1.29 is 8.42 Å². The van der Waals surface area contributed by atoms with Crippen LogP contribution in [0.15, 0.2) is 53.4 Å². The van der Waals surface area contributed by atoms with Gasteiger partial charge >= 0.3 is 0 Å². The molecule has 2 aromatic carbocycles. The van der Waals surface area contributed by atoms with Crippen LogP contribution in [0.3, 0.4) is 0 Å². The molecule has 0 fully saturated rings. The minimum absolute atomic E-state index is 0.127. The van der Waals surface area contributed by atoms with Gasteiger partial charge in [0.1, 0.15) is 0 Å². The summed E-state index contributed by atoms with van der Waals surface area (Å²) in [5, 5.41) is 8.31. The number of anilines is 1. The molecule has 0 bridgehead atoms. The Morgan fingerprint density at radius 3 is 2.30 bits per heavy atom. The zero-order chi connectivity index (χ0) is 14.6. The molecule has 0 saturated carbocycles. The van der Waals surface area contributed by atoms with Crippen molar-refractivity contribution in [3.05, 3.63) is 59.7 Å². The van der Waals surface area contributed by atoms with Crippen molar-refractivity contribution in [2.24, 2.45) is 5.14 Å². The Kier molecular flexibility index (Phi) is 4.42. The van der Waals surface area contributed by atoms with Gasteiger partial charge in [0.25, 0.3) is 0 Å². The second-order valence-corrected chi connectivity index (χ2v) is 6.23. The SMILES string of the molecule is Cc1ccccc1CCNc1ccc(S(N)(=O)=O)cc1. The Morgan fingerprint density at radius 2 is 1.70 bits per heavy atom. The van der Waals surface area contributed by atoms with Crippen molar-refractivity contribution in [3.8, 4) is 0 Å². The molecule has 0 radical (unpaired) electrons. The third kappa shape index (κ3) is 3.82. The molecule has 0 aromatic heterocycles. The summed E-state index contributed by atoms with van der Waals surface area (Å²) in [6.07, 6.45) is 0.920. The van der Waals surface area contributed by atoms with Crippen LogP contribution < -0.4 is 10.5 Å². The number of hydrogen-bond acceptors (Lipinski definition) is 3. The van der Waals surface area contributed by atoms with E-state index in [0.29, 0.717) is 0 Å². The molecule has 0 unspecified atom stereocenters. The Balaban J connectivity index is 1.94. The molecule has 0 amide bonds. The van der Waals surface area contributed by atoms with Gasteiger partial charge in [0.2, 0.25) is 10.0 Å². The fourth-order valence-electron chi connectivity index (χ4n) is 1.99. The third-order valence-corrected chi connectivity index (χ3v) is 4.10. The van der Waals surface area contributed by atoms with E-state index < -0.39 is 10.0 Å². The molecule has 3 N–H and O–H groups in total. The van der Waals surface area contributed by atoms with Crippen LogP contribution in [0.4, 0.5) is 5.69 Å². The summed E-state index contributed by atoms with van der Waals surface area (Å²) in [7, 11) is -3.62. The van der Waals surface area contributed by atoms with E-state index in [4.69, 9.17) is 5.14 Å². The van der Waals surface area contributed by atoms with Gasteiger partial charge in [-0.2, -0.15) is 0 Å². The van der Waals surface area contributed by atoms with Crippen molar-refractivity contribution >= 4 is 15.7 Å². The van der Waals surface area contributed by atoms with E-state index in [1.54, 1.807) is 12.1 Å². The van der Waals surface area contributed by atoms with Crippen LogP contribution in [0.1, 0.15) is 11.1 Å². The molecule has 0 aliphatic heterocycles. The highest BCUT2D eigenvalue weighted by Gasteiger charge is 2.06. The maximum absolute atomic E-state index is 11.1. The Labute approximate surface area is 119 Å². The molecule has 2 aromatic rings. The normalized spacial score (nSPS) is 11.3. The number of sulfonamides is 1. The largest absolute Gasteiger partial charge is 0.385 e. The van der Waals surface area contributed by atoms with Crippen LogP contribution in [-0.2, 0) is 16.4 Å². The molecule has 20 heavy (non-hydrogen) atoms. The van der Waals surface area contributed by atoms with Gasteiger partial charge in [-0.15, -0.1) is 0 Å². The van der Waals surface area contributed by atoms with Gasteiger partial charge in [-0.05, 0) is 48.7 Å². The van der Waals surface area contributed by atoms with E-state index in [9.17, 15) is 8.42 Å². The summed E-state index contributed by atoms with van der Waals surface area (Å²) in [6, 6.07) is 14.7. The zero-order valence-corrected chi connectivity index (χ0v) is 12.2. The number of aryl methyl sites for hydroxylation is 1. The van der Waals surface area contributed by atoms with E-state index in [1.807, 2.05) is 12.1 Å². The molecule has 5 heteroatoms. The quantitative estimate of drug-likeness (QED) is 0.887. The summed E-state index contributed by atoms with van der Waals surface area (Å²) in [5.41, 5.74) is 3.46. The van der Waals surface area contributed by atoms with E-state index in [1.165, 1.54) is 23.3 Å². The van der Waals surface area contributed by atoms with Crippen molar-refractivity contribution in [1.82, 2.24) is 0 Å². The first-order valence-corrected chi connectivity index (χ1v) is 7.93. The van der Waals surface area contributed by atoms with Crippen molar-refractivity contribution in [3.63, 3.8) is 0 Å². The molecule has 2 rings (SSSR count). The van der Waals surface area contributed by atoms with Crippen LogP contribution >= 0.6 is 0 Å². The fraction of sp³-hybridized carbons (Fsp3) is 0.200. The standard InChI is InChI=1S/C15H18N2O2S/c1-12-4-2-3-5-13(12)10-11-17-14-6-8-15(9-7-14)20(16,18)19/h2-9,17H,10-11H2,1H3,(H2,16,18,19). The molecule has 0 saturated heterocycles. The van der Waals surface area contributed by atoms with Crippen molar-refractivity contribution in [2.45, 2.75) is 18.2 Å². The van der Waals surface area contributed by atoms with Crippen LogP contribution in [-0.4, -0.2) is 15.0 Å². The predicted octanol–water partition coefficient (Wildman–Crippen LogP) is 2.30. The average molecular weight is 290 g/mol. The van der Waals surface area contributed by atoms with E-state index in [2.05, 4.69) is 24.4 Å². The van der Waals surface area contributed by atoms with Crippen LogP contribution in [0, 0.1) is 6.92 Å². The second kappa shape index (κ2) is 6.07. The van der Waals surface area contributed by atoms with Gasteiger partial charge in [0, 0.05) is 12.2 Å². The minimum Gasteiger partial charge on any atom is -0.385 e. The van der Waals surface area contributed by atoms with E-state index >= 15 is 0 Å².